The molecule has 2 aliphatic heterocycles. The van der Waals surface area contributed by atoms with Crippen molar-refractivity contribution < 1.29 is 14.4 Å². The number of benzene rings is 1. The molecule has 26 heavy (non-hydrogen) atoms. The molecule has 2 heterocycles. The van der Waals surface area contributed by atoms with E-state index in [1.165, 1.54) is 16.8 Å². The summed E-state index contributed by atoms with van der Waals surface area (Å²) >= 11 is 0. The smallest absolute Gasteiger partial charge is 0.399 e. The molecule has 2 fully saturated rings. The first-order valence-corrected chi connectivity index (χ1v) is 9.69. The Morgan fingerprint density at radius 2 is 1.46 bits per heavy atom. The van der Waals surface area contributed by atoms with Crippen LogP contribution in [0.4, 0.5) is 5.69 Å². The van der Waals surface area contributed by atoms with Crippen molar-refractivity contribution in [2.75, 3.05) is 44.2 Å². The molecule has 144 valence electrons. The monoisotopic (exact) mass is 360 g/mol. The van der Waals surface area contributed by atoms with Crippen LogP contribution in [0.3, 0.4) is 0 Å². The maximum Gasteiger partial charge on any atom is 0.494 e. The van der Waals surface area contributed by atoms with E-state index in [9.17, 15) is 0 Å². The molecule has 0 aliphatic carbocycles. The number of β-amino-alcohol motifs (C(OH)–C–C–N with tert-alkyl or cyclic N) is 1. The van der Waals surface area contributed by atoms with E-state index >= 15 is 0 Å². The van der Waals surface area contributed by atoms with Crippen LogP contribution in [0.1, 0.15) is 38.8 Å². The van der Waals surface area contributed by atoms with Crippen LogP contribution < -0.4 is 10.4 Å². The highest BCUT2D eigenvalue weighted by molar-refractivity contribution is 6.62. The second kappa shape index (κ2) is 7.15. The van der Waals surface area contributed by atoms with Crippen LogP contribution in [0, 0.1) is 13.8 Å². The van der Waals surface area contributed by atoms with E-state index in [1.54, 1.807) is 0 Å². The Kier molecular flexibility index (Phi) is 5.41. The van der Waals surface area contributed by atoms with Crippen molar-refractivity contribution in [1.82, 2.24) is 4.90 Å². The summed E-state index contributed by atoms with van der Waals surface area (Å²) in [7, 11) is -0.312. The molecule has 0 unspecified atom stereocenters. The lowest BCUT2D eigenvalue weighted by molar-refractivity contribution is 0.00578. The molecule has 3 rings (SSSR count). The van der Waals surface area contributed by atoms with Gasteiger partial charge in [0.25, 0.3) is 0 Å². The number of piperazine rings is 1. The maximum absolute atomic E-state index is 9.12. The summed E-state index contributed by atoms with van der Waals surface area (Å²) in [6.07, 6.45) is 0. The van der Waals surface area contributed by atoms with Gasteiger partial charge in [-0.05, 0) is 58.1 Å². The van der Waals surface area contributed by atoms with E-state index in [0.717, 1.165) is 38.2 Å². The number of nitrogens with zero attached hydrogens (tertiary/aromatic N) is 2. The molecule has 1 N–H and O–H groups in total. The summed E-state index contributed by atoms with van der Waals surface area (Å²) in [5, 5.41) is 9.12. The van der Waals surface area contributed by atoms with E-state index < -0.39 is 0 Å². The maximum atomic E-state index is 9.12. The molecule has 0 amide bonds. The first-order chi connectivity index (χ1) is 12.1. The lowest BCUT2D eigenvalue weighted by Gasteiger charge is -2.37. The number of hydrogen-bond acceptors (Lipinski definition) is 5. The van der Waals surface area contributed by atoms with Gasteiger partial charge in [-0.1, -0.05) is 12.1 Å². The minimum atomic E-state index is -0.318. The van der Waals surface area contributed by atoms with Crippen LogP contribution in [0.15, 0.2) is 12.1 Å². The molecule has 6 heteroatoms. The lowest BCUT2D eigenvalue weighted by Crippen LogP contribution is -2.47. The van der Waals surface area contributed by atoms with Crippen molar-refractivity contribution in [3.05, 3.63) is 23.3 Å². The van der Waals surface area contributed by atoms with Crippen LogP contribution in [-0.4, -0.2) is 67.7 Å². The van der Waals surface area contributed by atoms with Gasteiger partial charge in [-0.3, -0.25) is 4.90 Å². The molecule has 1 aromatic rings. The number of aliphatic hydroxyl groups excluding tert-OH is 1. The largest absolute Gasteiger partial charge is 0.494 e. The summed E-state index contributed by atoms with van der Waals surface area (Å²) in [5.74, 6) is 0. The molecule has 0 aromatic heterocycles. The zero-order chi connectivity index (χ0) is 19.1. The van der Waals surface area contributed by atoms with Crippen molar-refractivity contribution in [3.8, 4) is 0 Å². The third kappa shape index (κ3) is 3.65. The second-order valence-electron chi connectivity index (χ2n) is 8.64. The zero-order valence-electron chi connectivity index (χ0n) is 17.1. The average molecular weight is 360 g/mol. The molecule has 0 bridgehead atoms. The average Bonchev–Trinajstić information content (AvgIpc) is 2.77. The van der Waals surface area contributed by atoms with Gasteiger partial charge < -0.3 is 19.3 Å². The van der Waals surface area contributed by atoms with Gasteiger partial charge in [0, 0.05) is 38.4 Å². The van der Waals surface area contributed by atoms with Gasteiger partial charge in [0.1, 0.15) is 0 Å². The van der Waals surface area contributed by atoms with Gasteiger partial charge in [0.15, 0.2) is 0 Å². The summed E-state index contributed by atoms with van der Waals surface area (Å²) in [6.45, 7) is 17.7. The van der Waals surface area contributed by atoms with E-state index in [2.05, 4.69) is 63.5 Å². The summed E-state index contributed by atoms with van der Waals surface area (Å²) in [6, 6.07) is 4.43. The molecule has 0 radical (unpaired) electrons. The number of hydrogen-bond donors (Lipinski definition) is 1. The SMILES string of the molecule is Cc1cc(B2OC(C)(C)C(C)(C)O2)cc(C)c1N1CCN(CCO)CC1. The summed E-state index contributed by atoms with van der Waals surface area (Å²) in [5.41, 5.74) is 4.33. The molecule has 0 atom stereocenters. The number of anilines is 1. The third-order valence-corrected chi connectivity index (χ3v) is 6.14. The van der Waals surface area contributed by atoms with Gasteiger partial charge in [0.05, 0.1) is 17.8 Å². The highest BCUT2D eigenvalue weighted by Gasteiger charge is 2.51. The Labute approximate surface area is 158 Å². The molecular formula is C20H33BN2O3. The fraction of sp³-hybridized carbons (Fsp3) is 0.700. The Morgan fingerprint density at radius 1 is 0.962 bits per heavy atom. The fourth-order valence-corrected chi connectivity index (χ4v) is 3.94. The van der Waals surface area contributed by atoms with Gasteiger partial charge in [-0.15, -0.1) is 0 Å². The van der Waals surface area contributed by atoms with E-state index in [-0.39, 0.29) is 24.9 Å². The van der Waals surface area contributed by atoms with Crippen molar-refractivity contribution in [2.24, 2.45) is 0 Å². The Hall–Kier alpha value is -1.08. The van der Waals surface area contributed by atoms with Gasteiger partial charge >= 0.3 is 7.12 Å². The number of aliphatic hydroxyl groups is 1. The summed E-state index contributed by atoms with van der Waals surface area (Å²) in [4.78, 5) is 4.78. The van der Waals surface area contributed by atoms with Crippen LogP contribution in [0.5, 0.6) is 0 Å². The van der Waals surface area contributed by atoms with Crippen molar-refractivity contribution in [2.45, 2.75) is 52.7 Å². The predicted octanol–water partition coefficient (Wildman–Crippen LogP) is 1.72. The van der Waals surface area contributed by atoms with E-state index in [4.69, 9.17) is 14.4 Å². The topological polar surface area (TPSA) is 45.2 Å². The zero-order valence-corrected chi connectivity index (χ0v) is 17.1. The molecular weight excluding hydrogens is 327 g/mol. The first kappa shape index (κ1) is 19.7. The normalized spacial score (nSPS) is 22.9. The Bertz CT molecular complexity index is 615. The molecule has 2 aliphatic rings. The molecule has 0 spiro atoms. The van der Waals surface area contributed by atoms with Crippen LogP contribution in [-0.2, 0) is 9.31 Å². The predicted molar refractivity (Wildman–Crippen MR) is 107 cm³/mol. The van der Waals surface area contributed by atoms with Crippen molar-refractivity contribution in [1.29, 1.82) is 0 Å². The molecule has 2 saturated heterocycles. The molecule has 1 aromatic carbocycles. The third-order valence-electron chi connectivity index (χ3n) is 6.14. The quantitative estimate of drug-likeness (QED) is 0.829. The van der Waals surface area contributed by atoms with Crippen LogP contribution in [0.25, 0.3) is 0 Å². The first-order valence-electron chi connectivity index (χ1n) is 9.69. The Morgan fingerprint density at radius 3 is 1.92 bits per heavy atom. The van der Waals surface area contributed by atoms with Gasteiger partial charge in [0.2, 0.25) is 0 Å². The minimum absolute atomic E-state index is 0.237. The second-order valence-corrected chi connectivity index (χ2v) is 8.64. The van der Waals surface area contributed by atoms with E-state index in [1.807, 2.05) is 0 Å². The van der Waals surface area contributed by atoms with Crippen LogP contribution >= 0.6 is 0 Å². The van der Waals surface area contributed by atoms with Crippen molar-refractivity contribution >= 4 is 18.3 Å². The standard InChI is InChI=1S/C20H33BN2O3/c1-15-13-17(21-25-19(3,4)20(5,6)26-21)14-16(2)18(15)23-9-7-22(8-10-23)11-12-24/h13-14,24H,7-12H2,1-6H3. The van der Waals surface area contributed by atoms with Gasteiger partial charge in [-0.2, -0.15) is 0 Å². The minimum Gasteiger partial charge on any atom is -0.399 e. The number of rotatable bonds is 4. The van der Waals surface area contributed by atoms with E-state index in [0.29, 0.717) is 0 Å². The molecule has 5 nitrogen and oxygen atoms in total. The van der Waals surface area contributed by atoms with Crippen molar-refractivity contribution in [3.63, 3.8) is 0 Å². The number of aryl methyl sites for hydroxylation is 2. The highest BCUT2D eigenvalue weighted by Crippen LogP contribution is 2.37. The Balaban J connectivity index is 1.78. The fourth-order valence-electron chi connectivity index (χ4n) is 3.94. The lowest BCUT2D eigenvalue weighted by atomic mass is 9.77. The van der Waals surface area contributed by atoms with Gasteiger partial charge in [-0.25, -0.2) is 0 Å². The highest BCUT2D eigenvalue weighted by atomic mass is 16.7. The van der Waals surface area contributed by atoms with Crippen LogP contribution in [0.2, 0.25) is 0 Å². The summed E-state index contributed by atoms with van der Waals surface area (Å²) < 4.78 is 12.4. The molecule has 0 saturated carbocycles.